The van der Waals surface area contributed by atoms with Gasteiger partial charge in [0.25, 0.3) is 0 Å². The lowest BCUT2D eigenvalue weighted by Gasteiger charge is -2.36. The van der Waals surface area contributed by atoms with Crippen molar-refractivity contribution in [2.75, 3.05) is 5.32 Å². The number of aromatic nitrogens is 2. The molecule has 1 saturated carbocycles. The van der Waals surface area contributed by atoms with Gasteiger partial charge in [0.15, 0.2) is 5.82 Å². The molecule has 0 unspecified atom stereocenters. The summed E-state index contributed by atoms with van der Waals surface area (Å²) in [5.41, 5.74) is 1.00. The molecular formula is C23H26N4O2. The van der Waals surface area contributed by atoms with Crippen LogP contribution in [0, 0.1) is 5.92 Å². The van der Waals surface area contributed by atoms with Crippen molar-refractivity contribution < 1.29 is 9.59 Å². The molecule has 0 bridgehead atoms. The molecule has 0 spiro atoms. The van der Waals surface area contributed by atoms with Crippen LogP contribution >= 0.6 is 0 Å². The van der Waals surface area contributed by atoms with Gasteiger partial charge in [-0.15, -0.1) is 0 Å². The largest absolute Gasteiger partial charge is 0.353 e. The number of rotatable bonds is 6. The summed E-state index contributed by atoms with van der Waals surface area (Å²) in [6.45, 7) is 3.79. The number of carbonyl (C=O) groups excluding carboxylic acids is 2. The molecule has 6 nitrogen and oxygen atoms in total. The summed E-state index contributed by atoms with van der Waals surface area (Å²) in [4.78, 5) is 28.6. The van der Waals surface area contributed by atoms with E-state index in [4.69, 9.17) is 0 Å². The maximum atomic E-state index is 12.5. The summed E-state index contributed by atoms with van der Waals surface area (Å²) >= 11 is 0. The zero-order valence-electron chi connectivity index (χ0n) is 16.8. The molecule has 0 aliphatic heterocycles. The van der Waals surface area contributed by atoms with Gasteiger partial charge in [-0.2, -0.15) is 0 Å². The van der Waals surface area contributed by atoms with E-state index >= 15 is 0 Å². The van der Waals surface area contributed by atoms with Crippen molar-refractivity contribution in [3.05, 3.63) is 60.6 Å². The fourth-order valence-electron chi connectivity index (χ4n) is 3.72. The highest BCUT2D eigenvalue weighted by atomic mass is 16.2. The van der Waals surface area contributed by atoms with Crippen LogP contribution in [-0.4, -0.2) is 27.4 Å². The van der Waals surface area contributed by atoms with E-state index < -0.39 is 0 Å². The second-order valence-electron chi connectivity index (χ2n) is 8.05. The highest BCUT2D eigenvalue weighted by molar-refractivity contribution is 5.95. The molecule has 3 aromatic rings. The normalized spacial score (nSPS) is 18.4. The Bertz CT molecular complexity index is 1030. The van der Waals surface area contributed by atoms with Gasteiger partial charge in [-0.3, -0.25) is 9.59 Å². The van der Waals surface area contributed by atoms with Gasteiger partial charge in [0.2, 0.25) is 11.8 Å². The first kappa shape index (κ1) is 19.2. The molecule has 4 rings (SSSR count). The van der Waals surface area contributed by atoms with Gasteiger partial charge in [-0.1, -0.05) is 56.3 Å². The number of anilines is 1. The van der Waals surface area contributed by atoms with Crippen LogP contribution in [0.15, 0.2) is 55.0 Å². The molecular weight excluding hydrogens is 364 g/mol. The number of hydrogen-bond donors (Lipinski definition) is 2. The summed E-state index contributed by atoms with van der Waals surface area (Å²) in [6.07, 6.45) is 5.70. The molecule has 1 fully saturated rings. The van der Waals surface area contributed by atoms with Crippen molar-refractivity contribution in [1.82, 2.24) is 14.9 Å². The van der Waals surface area contributed by atoms with Gasteiger partial charge in [0, 0.05) is 24.2 Å². The van der Waals surface area contributed by atoms with Crippen molar-refractivity contribution in [2.24, 2.45) is 5.92 Å². The fraction of sp³-hybridized carbons (Fsp3) is 0.348. The number of imidazole rings is 1. The second-order valence-corrected chi connectivity index (χ2v) is 8.05. The van der Waals surface area contributed by atoms with E-state index in [-0.39, 0.29) is 23.8 Å². The SMILES string of the molecule is CC(C)C(=O)NC1CC(n2cnc(NC(=O)Cc3cccc4ccccc34)c2)C1. The van der Waals surface area contributed by atoms with E-state index in [1.165, 1.54) is 0 Å². The number of benzene rings is 2. The Labute approximate surface area is 170 Å². The minimum absolute atomic E-state index is 0.00541. The molecule has 150 valence electrons. The predicted molar refractivity (Wildman–Crippen MR) is 114 cm³/mol. The Morgan fingerprint density at radius 2 is 1.90 bits per heavy atom. The van der Waals surface area contributed by atoms with Crippen molar-refractivity contribution in [3.8, 4) is 0 Å². The minimum atomic E-state index is -0.0812. The van der Waals surface area contributed by atoms with E-state index in [1.807, 2.05) is 67.1 Å². The van der Waals surface area contributed by atoms with Gasteiger partial charge in [0.05, 0.1) is 12.7 Å². The van der Waals surface area contributed by atoms with Gasteiger partial charge in [-0.25, -0.2) is 4.98 Å². The standard InChI is InChI=1S/C23H26N4O2/c1-15(2)23(29)25-18-11-19(12-18)27-13-21(24-14-27)26-22(28)10-17-8-5-7-16-6-3-4-9-20(16)17/h3-9,13-15,18-19H,10-12H2,1-2H3,(H,25,29)(H,26,28). The summed E-state index contributed by atoms with van der Waals surface area (Å²) in [5.74, 6) is 0.582. The van der Waals surface area contributed by atoms with Gasteiger partial charge in [-0.05, 0) is 29.2 Å². The summed E-state index contributed by atoms with van der Waals surface area (Å²) in [5, 5.41) is 8.18. The van der Waals surface area contributed by atoms with Crippen molar-refractivity contribution >= 4 is 28.4 Å². The fourth-order valence-corrected chi connectivity index (χ4v) is 3.72. The third-order valence-electron chi connectivity index (χ3n) is 5.51. The Kier molecular flexibility index (Phi) is 5.34. The zero-order valence-corrected chi connectivity index (χ0v) is 16.8. The summed E-state index contributed by atoms with van der Waals surface area (Å²) < 4.78 is 2.02. The number of fused-ring (bicyclic) bond motifs is 1. The molecule has 0 radical (unpaired) electrons. The van der Waals surface area contributed by atoms with E-state index in [1.54, 1.807) is 6.33 Å². The minimum Gasteiger partial charge on any atom is -0.353 e. The molecule has 2 amide bonds. The lowest BCUT2D eigenvalue weighted by molar-refractivity contribution is -0.125. The Morgan fingerprint density at radius 3 is 2.69 bits per heavy atom. The second kappa shape index (κ2) is 8.07. The molecule has 1 heterocycles. The molecule has 1 aliphatic carbocycles. The molecule has 2 aromatic carbocycles. The van der Waals surface area contributed by atoms with Gasteiger partial charge in [0.1, 0.15) is 0 Å². The van der Waals surface area contributed by atoms with Gasteiger partial charge < -0.3 is 15.2 Å². The summed E-state index contributed by atoms with van der Waals surface area (Å²) in [6, 6.07) is 14.6. The molecule has 29 heavy (non-hydrogen) atoms. The average Bonchev–Trinajstić information content (AvgIpc) is 3.12. The van der Waals surface area contributed by atoms with Crippen LogP contribution in [0.25, 0.3) is 10.8 Å². The zero-order chi connectivity index (χ0) is 20.4. The number of nitrogens with zero attached hydrogens (tertiary/aromatic N) is 2. The third kappa shape index (κ3) is 4.31. The van der Waals surface area contributed by atoms with Crippen LogP contribution in [0.1, 0.15) is 38.3 Å². The Morgan fingerprint density at radius 1 is 1.14 bits per heavy atom. The van der Waals surface area contributed by atoms with E-state index in [9.17, 15) is 9.59 Å². The maximum absolute atomic E-state index is 12.5. The van der Waals surface area contributed by atoms with Crippen molar-refractivity contribution in [2.45, 2.75) is 45.2 Å². The quantitative estimate of drug-likeness (QED) is 0.674. The highest BCUT2D eigenvalue weighted by Gasteiger charge is 2.32. The van der Waals surface area contributed by atoms with Crippen molar-refractivity contribution in [3.63, 3.8) is 0 Å². The third-order valence-corrected chi connectivity index (χ3v) is 5.51. The lowest BCUT2D eigenvalue weighted by Crippen LogP contribution is -2.46. The molecule has 2 N–H and O–H groups in total. The van der Waals surface area contributed by atoms with Crippen LogP contribution in [0.5, 0.6) is 0 Å². The molecule has 6 heteroatoms. The van der Waals surface area contributed by atoms with E-state index in [2.05, 4.69) is 15.6 Å². The first-order valence-corrected chi connectivity index (χ1v) is 10.1. The van der Waals surface area contributed by atoms with Crippen LogP contribution < -0.4 is 10.6 Å². The highest BCUT2D eigenvalue weighted by Crippen LogP contribution is 2.33. The summed E-state index contributed by atoms with van der Waals surface area (Å²) in [7, 11) is 0. The maximum Gasteiger partial charge on any atom is 0.230 e. The predicted octanol–water partition coefficient (Wildman–Crippen LogP) is 3.69. The molecule has 0 saturated heterocycles. The first-order chi connectivity index (χ1) is 14.0. The Balaban J connectivity index is 1.33. The topological polar surface area (TPSA) is 76.0 Å². The monoisotopic (exact) mass is 390 g/mol. The lowest BCUT2D eigenvalue weighted by atomic mass is 9.86. The van der Waals surface area contributed by atoms with E-state index in [0.29, 0.717) is 18.3 Å². The molecule has 1 aromatic heterocycles. The van der Waals surface area contributed by atoms with Crippen LogP contribution in [0.4, 0.5) is 5.82 Å². The Hall–Kier alpha value is -3.15. The average molecular weight is 390 g/mol. The number of hydrogen-bond acceptors (Lipinski definition) is 3. The number of nitrogens with one attached hydrogen (secondary N) is 2. The van der Waals surface area contributed by atoms with Gasteiger partial charge >= 0.3 is 0 Å². The van der Waals surface area contributed by atoms with Crippen molar-refractivity contribution in [1.29, 1.82) is 0 Å². The smallest absolute Gasteiger partial charge is 0.230 e. The first-order valence-electron chi connectivity index (χ1n) is 10.1. The van der Waals surface area contributed by atoms with Crippen LogP contribution in [-0.2, 0) is 16.0 Å². The molecule has 1 aliphatic rings. The van der Waals surface area contributed by atoms with Crippen LogP contribution in [0.2, 0.25) is 0 Å². The van der Waals surface area contributed by atoms with Crippen LogP contribution in [0.3, 0.4) is 0 Å². The molecule has 0 atom stereocenters. The van der Waals surface area contributed by atoms with E-state index in [0.717, 1.165) is 29.2 Å². The number of carbonyl (C=O) groups is 2. The number of amides is 2.